The molecule has 3 rings (SSSR count). The zero-order valence-electron chi connectivity index (χ0n) is 12.6. The number of nitrogens with one attached hydrogen (secondary N) is 1. The van der Waals surface area contributed by atoms with Gasteiger partial charge in [0.05, 0.1) is 6.26 Å². The molecule has 3 aromatic rings. The highest BCUT2D eigenvalue weighted by Gasteiger charge is 2.09. The molecule has 9 heteroatoms. The lowest BCUT2D eigenvalue weighted by Gasteiger charge is -2.02. The van der Waals surface area contributed by atoms with E-state index in [4.69, 9.17) is 27.6 Å². The van der Waals surface area contributed by atoms with E-state index < -0.39 is 0 Å². The van der Waals surface area contributed by atoms with E-state index in [1.165, 1.54) is 29.2 Å². The molecular formula is C16H11Cl2N3O2S2. The van der Waals surface area contributed by atoms with E-state index in [2.05, 4.69) is 15.5 Å². The largest absolute Gasteiger partial charge is 0.465 e. The van der Waals surface area contributed by atoms with Crippen molar-refractivity contribution in [2.45, 2.75) is 10.1 Å². The van der Waals surface area contributed by atoms with Gasteiger partial charge in [0.2, 0.25) is 11.0 Å². The lowest BCUT2D eigenvalue weighted by atomic mass is 10.2. The molecule has 1 amide bonds. The number of nitrogens with zero attached hydrogens (tertiary/aromatic N) is 2. The van der Waals surface area contributed by atoms with Crippen LogP contribution >= 0.6 is 46.3 Å². The van der Waals surface area contributed by atoms with E-state index in [0.717, 1.165) is 9.90 Å². The Morgan fingerprint density at radius 3 is 2.96 bits per heavy atom. The maximum absolute atomic E-state index is 11.8. The second kappa shape index (κ2) is 8.53. The lowest BCUT2D eigenvalue weighted by Crippen LogP contribution is -2.07. The highest BCUT2D eigenvalue weighted by Crippen LogP contribution is 2.31. The smallest absolute Gasteiger partial charge is 0.250 e. The van der Waals surface area contributed by atoms with Gasteiger partial charge in [-0.3, -0.25) is 10.1 Å². The second-order valence-corrected chi connectivity index (χ2v) is 7.78. The number of carbonyl (C=O) groups is 1. The number of benzene rings is 1. The molecule has 0 bridgehead atoms. The van der Waals surface area contributed by atoms with Gasteiger partial charge in [-0.05, 0) is 35.9 Å². The van der Waals surface area contributed by atoms with Gasteiger partial charge >= 0.3 is 0 Å². The molecule has 5 nitrogen and oxygen atoms in total. The monoisotopic (exact) mass is 411 g/mol. The molecule has 0 fully saturated rings. The van der Waals surface area contributed by atoms with Crippen LogP contribution in [0.3, 0.4) is 0 Å². The molecule has 0 atom stereocenters. The van der Waals surface area contributed by atoms with Crippen molar-refractivity contribution in [2.24, 2.45) is 0 Å². The summed E-state index contributed by atoms with van der Waals surface area (Å²) in [5, 5.41) is 12.3. The molecule has 0 saturated carbocycles. The summed E-state index contributed by atoms with van der Waals surface area (Å²) >= 11 is 14.8. The van der Waals surface area contributed by atoms with Crippen molar-refractivity contribution < 1.29 is 9.21 Å². The average molecular weight is 412 g/mol. The highest BCUT2D eigenvalue weighted by molar-refractivity contribution is 8.00. The number of halogens is 2. The molecule has 1 aromatic carbocycles. The zero-order valence-corrected chi connectivity index (χ0v) is 15.8. The molecule has 1 N–H and O–H groups in total. The van der Waals surface area contributed by atoms with Crippen LogP contribution in [0.15, 0.2) is 51.4 Å². The van der Waals surface area contributed by atoms with Crippen molar-refractivity contribution >= 4 is 63.4 Å². The standard InChI is InChI=1S/C16H11Cl2N3O2S2/c17-11-4-3-10(13(18)8-11)9-24-16-21-20-15(25-16)19-14(22)6-5-12-2-1-7-23-12/h1-8H,9H2,(H,19,20,22). The third-order valence-electron chi connectivity index (χ3n) is 2.95. The molecule has 25 heavy (non-hydrogen) atoms. The van der Waals surface area contributed by atoms with E-state index in [0.29, 0.717) is 26.7 Å². The van der Waals surface area contributed by atoms with Crippen molar-refractivity contribution in [3.05, 3.63) is 64.0 Å². The molecular weight excluding hydrogens is 401 g/mol. The average Bonchev–Trinajstić information content (AvgIpc) is 3.24. The summed E-state index contributed by atoms with van der Waals surface area (Å²) in [6.07, 6.45) is 4.49. The van der Waals surface area contributed by atoms with Crippen molar-refractivity contribution in [2.75, 3.05) is 5.32 Å². The van der Waals surface area contributed by atoms with Gasteiger partial charge < -0.3 is 4.42 Å². The van der Waals surface area contributed by atoms with Gasteiger partial charge in [0.15, 0.2) is 4.34 Å². The van der Waals surface area contributed by atoms with Crippen LogP contribution in [0.5, 0.6) is 0 Å². The summed E-state index contributed by atoms with van der Waals surface area (Å²) in [5.74, 6) is 0.935. The summed E-state index contributed by atoms with van der Waals surface area (Å²) in [5.41, 5.74) is 0.957. The third-order valence-corrected chi connectivity index (χ3v) is 5.55. The lowest BCUT2D eigenvalue weighted by molar-refractivity contribution is -0.111. The molecule has 0 saturated heterocycles. The number of hydrogen-bond donors (Lipinski definition) is 1. The predicted molar refractivity (Wildman–Crippen MR) is 102 cm³/mol. The minimum Gasteiger partial charge on any atom is -0.465 e. The Balaban J connectivity index is 1.54. The van der Waals surface area contributed by atoms with E-state index in [-0.39, 0.29) is 5.91 Å². The van der Waals surface area contributed by atoms with Gasteiger partial charge in [0, 0.05) is 21.9 Å². The van der Waals surface area contributed by atoms with Gasteiger partial charge in [-0.25, -0.2) is 0 Å². The number of carbonyl (C=O) groups excluding carboxylic acids is 1. The predicted octanol–water partition coefficient (Wildman–Crippen LogP) is 5.38. The molecule has 0 unspecified atom stereocenters. The number of anilines is 1. The Kier molecular flexibility index (Phi) is 6.14. The van der Waals surface area contributed by atoms with Crippen LogP contribution < -0.4 is 5.32 Å². The maximum atomic E-state index is 11.8. The minimum absolute atomic E-state index is 0.301. The Hall–Kier alpha value is -1.80. The molecule has 0 aliphatic carbocycles. The number of aromatic nitrogens is 2. The van der Waals surface area contributed by atoms with Crippen LogP contribution in [-0.2, 0) is 10.5 Å². The number of thioether (sulfide) groups is 1. The summed E-state index contributed by atoms with van der Waals surface area (Å²) < 4.78 is 5.85. The number of hydrogen-bond acceptors (Lipinski definition) is 6. The van der Waals surface area contributed by atoms with Gasteiger partial charge in [-0.2, -0.15) is 0 Å². The van der Waals surface area contributed by atoms with Gasteiger partial charge in [-0.1, -0.05) is 52.4 Å². The number of amides is 1. The first-order valence-electron chi connectivity index (χ1n) is 7.03. The summed E-state index contributed by atoms with van der Waals surface area (Å²) in [4.78, 5) is 11.8. The summed E-state index contributed by atoms with van der Waals surface area (Å²) in [7, 11) is 0. The minimum atomic E-state index is -0.301. The van der Waals surface area contributed by atoms with Gasteiger partial charge in [-0.15, -0.1) is 10.2 Å². The van der Waals surface area contributed by atoms with Crippen LogP contribution in [0.2, 0.25) is 10.0 Å². The van der Waals surface area contributed by atoms with Gasteiger partial charge in [0.1, 0.15) is 5.76 Å². The maximum Gasteiger partial charge on any atom is 0.250 e. The second-order valence-electron chi connectivity index (χ2n) is 4.74. The van der Waals surface area contributed by atoms with E-state index in [9.17, 15) is 4.79 Å². The normalized spacial score (nSPS) is 11.1. The van der Waals surface area contributed by atoms with Crippen LogP contribution in [0.25, 0.3) is 6.08 Å². The Bertz CT molecular complexity index is 895. The topological polar surface area (TPSA) is 68.0 Å². The Morgan fingerprint density at radius 2 is 2.20 bits per heavy atom. The van der Waals surface area contributed by atoms with Crippen molar-refractivity contribution in [3.63, 3.8) is 0 Å². The quantitative estimate of drug-likeness (QED) is 0.334. The molecule has 0 radical (unpaired) electrons. The fourth-order valence-electron chi connectivity index (χ4n) is 1.79. The van der Waals surface area contributed by atoms with E-state index in [1.54, 1.807) is 36.6 Å². The Labute approximate surface area is 162 Å². The van der Waals surface area contributed by atoms with Crippen LogP contribution in [0.4, 0.5) is 5.13 Å². The first kappa shape index (κ1) is 18.0. The zero-order chi connectivity index (χ0) is 17.6. The fourth-order valence-corrected chi connectivity index (χ4v) is 4.10. The van der Waals surface area contributed by atoms with E-state index in [1.807, 2.05) is 6.07 Å². The third kappa shape index (κ3) is 5.34. The van der Waals surface area contributed by atoms with Crippen molar-refractivity contribution in [1.29, 1.82) is 0 Å². The first-order valence-corrected chi connectivity index (χ1v) is 9.59. The first-order chi connectivity index (χ1) is 12.1. The molecule has 0 aliphatic heterocycles. The molecule has 0 aliphatic rings. The Morgan fingerprint density at radius 1 is 1.32 bits per heavy atom. The van der Waals surface area contributed by atoms with Crippen molar-refractivity contribution in [1.82, 2.24) is 10.2 Å². The molecule has 2 heterocycles. The molecule has 128 valence electrons. The van der Waals surface area contributed by atoms with Crippen LogP contribution in [0, 0.1) is 0 Å². The highest BCUT2D eigenvalue weighted by atomic mass is 35.5. The van der Waals surface area contributed by atoms with Crippen LogP contribution in [0.1, 0.15) is 11.3 Å². The number of furan rings is 1. The van der Waals surface area contributed by atoms with Crippen LogP contribution in [-0.4, -0.2) is 16.1 Å². The SMILES string of the molecule is O=C(C=Cc1ccco1)Nc1nnc(SCc2ccc(Cl)cc2Cl)s1. The summed E-state index contributed by atoms with van der Waals surface area (Å²) in [6, 6.07) is 8.88. The van der Waals surface area contributed by atoms with E-state index >= 15 is 0 Å². The van der Waals surface area contributed by atoms with Gasteiger partial charge in [0.25, 0.3) is 0 Å². The summed E-state index contributed by atoms with van der Waals surface area (Å²) in [6.45, 7) is 0. The van der Waals surface area contributed by atoms with Crippen molar-refractivity contribution in [3.8, 4) is 0 Å². The number of rotatable bonds is 6. The fraction of sp³-hybridized carbons (Fsp3) is 0.0625. The molecule has 0 spiro atoms. The molecule has 2 aromatic heterocycles.